The van der Waals surface area contributed by atoms with Crippen LogP contribution in [0, 0.1) is 5.82 Å². The van der Waals surface area contributed by atoms with E-state index in [-0.39, 0.29) is 18.3 Å². The van der Waals surface area contributed by atoms with E-state index >= 15 is 0 Å². The van der Waals surface area contributed by atoms with Gasteiger partial charge in [0.15, 0.2) is 11.5 Å². The summed E-state index contributed by atoms with van der Waals surface area (Å²) in [6.45, 7) is 0.839. The van der Waals surface area contributed by atoms with Gasteiger partial charge >= 0.3 is 0 Å². The highest BCUT2D eigenvalue weighted by Gasteiger charge is 2.21. The molecule has 6 nitrogen and oxygen atoms in total. The van der Waals surface area contributed by atoms with Crippen LogP contribution in [-0.2, 0) is 0 Å². The number of carbonyl (C=O) groups is 1. The highest BCUT2D eigenvalue weighted by molar-refractivity contribution is 6.32. The molecule has 0 saturated heterocycles. The van der Waals surface area contributed by atoms with E-state index in [2.05, 4.69) is 10.3 Å². The maximum atomic E-state index is 13.0. The summed E-state index contributed by atoms with van der Waals surface area (Å²) in [5.41, 5.74) is 2.24. The van der Waals surface area contributed by atoms with Crippen molar-refractivity contribution in [1.82, 2.24) is 10.3 Å². The predicted molar refractivity (Wildman–Crippen MR) is 106 cm³/mol. The molecule has 1 aromatic heterocycles. The van der Waals surface area contributed by atoms with Gasteiger partial charge in [0.2, 0.25) is 0 Å². The Morgan fingerprint density at radius 1 is 1.21 bits per heavy atom. The number of hydrogen-bond acceptors (Lipinski definition) is 4. The van der Waals surface area contributed by atoms with Gasteiger partial charge in [-0.3, -0.25) is 4.79 Å². The number of rotatable bonds is 5. The van der Waals surface area contributed by atoms with Crippen molar-refractivity contribution in [3.63, 3.8) is 0 Å². The van der Waals surface area contributed by atoms with Crippen LogP contribution in [-0.4, -0.2) is 35.8 Å². The zero-order chi connectivity index (χ0) is 20.4. The van der Waals surface area contributed by atoms with Gasteiger partial charge in [-0.2, -0.15) is 0 Å². The van der Waals surface area contributed by atoms with Crippen molar-refractivity contribution in [3.05, 3.63) is 70.8 Å². The van der Waals surface area contributed by atoms with Crippen molar-refractivity contribution in [2.24, 2.45) is 0 Å². The molecule has 8 heteroatoms. The normalized spacial score (nSPS) is 13.8. The van der Waals surface area contributed by atoms with E-state index in [1.54, 1.807) is 24.5 Å². The summed E-state index contributed by atoms with van der Waals surface area (Å²) in [5, 5.41) is 13.3. The second-order valence-electron chi connectivity index (χ2n) is 6.54. The molecule has 150 valence electrons. The van der Waals surface area contributed by atoms with Gasteiger partial charge in [0.1, 0.15) is 19.0 Å². The Balaban J connectivity index is 1.51. The summed E-state index contributed by atoms with van der Waals surface area (Å²) in [6, 6.07) is 8.96. The number of H-pyrrole nitrogens is 1. The number of amides is 1. The lowest BCUT2D eigenvalue weighted by molar-refractivity contribution is 0.0917. The second kappa shape index (κ2) is 8.14. The smallest absolute Gasteiger partial charge is 0.253 e. The summed E-state index contributed by atoms with van der Waals surface area (Å²) in [4.78, 5) is 15.6. The van der Waals surface area contributed by atoms with Gasteiger partial charge in [-0.05, 0) is 35.4 Å². The highest BCUT2D eigenvalue weighted by Crippen LogP contribution is 2.41. The van der Waals surface area contributed by atoms with Crippen LogP contribution in [0.15, 0.2) is 48.8 Å². The Labute approximate surface area is 171 Å². The largest absolute Gasteiger partial charge is 0.486 e. The fourth-order valence-corrected chi connectivity index (χ4v) is 3.41. The maximum absolute atomic E-state index is 13.0. The van der Waals surface area contributed by atoms with Crippen LogP contribution in [0.1, 0.15) is 22.0 Å². The van der Waals surface area contributed by atoms with Crippen molar-refractivity contribution in [1.29, 1.82) is 0 Å². The monoisotopic (exact) mass is 416 g/mol. The van der Waals surface area contributed by atoms with Gasteiger partial charge < -0.3 is 24.9 Å². The second-order valence-corrected chi connectivity index (χ2v) is 6.95. The molecule has 2 heterocycles. The number of ether oxygens (including phenoxy) is 2. The van der Waals surface area contributed by atoms with Crippen LogP contribution >= 0.6 is 11.6 Å². The predicted octanol–water partition coefficient (Wildman–Crippen LogP) is 3.71. The van der Waals surface area contributed by atoms with E-state index in [1.807, 2.05) is 0 Å². The van der Waals surface area contributed by atoms with Crippen LogP contribution in [0.4, 0.5) is 4.39 Å². The molecule has 3 aromatic rings. The van der Waals surface area contributed by atoms with E-state index in [0.29, 0.717) is 52.0 Å². The standard InChI is InChI=1S/C21H18ClFN2O4/c22-17-7-13(8-19-20(17)29-6-5-28-19)15-9-24-10-16(15)21(27)25-11-18(26)12-1-3-14(23)4-2-12/h1-4,7-10,18,24,26H,5-6,11H2,(H,25,27)/t18-/m1/s1. The molecule has 1 atom stereocenters. The van der Waals surface area contributed by atoms with Gasteiger partial charge in [0, 0.05) is 24.5 Å². The van der Waals surface area contributed by atoms with Gasteiger partial charge in [0.05, 0.1) is 16.7 Å². The molecular formula is C21H18ClFN2O4. The molecule has 0 saturated carbocycles. The molecule has 0 bridgehead atoms. The molecule has 0 radical (unpaired) electrons. The summed E-state index contributed by atoms with van der Waals surface area (Å²) < 4.78 is 24.1. The number of fused-ring (bicyclic) bond motifs is 1. The molecule has 29 heavy (non-hydrogen) atoms. The molecule has 0 unspecified atom stereocenters. The minimum atomic E-state index is -0.953. The molecule has 2 aromatic carbocycles. The Morgan fingerprint density at radius 2 is 1.97 bits per heavy atom. The SMILES string of the molecule is O=C(NC[C@@H](O)c1ccc(F)cc1)c1c[nH]cc1-c1cc(Cl)c2c(c1)OCCO2. The molecule has 1 aliphatic heterocycles. The van der Waals surface area contributed by atoms with Gasteiger partial charge in [-0.1, -0.05) is 23.7 Å². The Morgan fingerprint density at radius 3 is 2.76 bits per heavy atom. The van der Waals surface area contributed by atoms with Gasteiger partial charge in [-0.15, -0.1) is 0 Å². The fourth-order valence-electron chi connectivity index (χ4n) is 3.14. The van der Waals surface area contributed by atoms with Crippen LogP contribution in [0.2, 0.25) is 5.02 Å². The molecule has 3 N–H and O–H groups in total. The molecule has 1 aliphatic rings. The van der Waals surface area contributed by atoms with Crippen molar-refractivity contribution in [3.8, 4) is 22.6 Å². The first-order chi connectivity index (χ1) is 14.0. The first-order valence-electron chi connectivity index (χ1n) is 9.01. The lowest BCUT2D eigenvalue weighted by Gasteiger charge is -2.20. The van der Waals surface area contributed by atoms with Crippen LogP contribution < -0.4 is 14.8 Å². The molecule has 0 fully saturated rings. The number of aliphatic hydroxyl groups is 1. The molecule has 1 amide bonds. The van der Waals surface area contributed by atoms with E-state index < -0.39 is 6.10 Å². The first-order valence-corrected chi connectivity index (χ1v) is 9.39. The zero-order valence-electron chi connectivity index (χ0n) is 15.2. The van der Waals surface area contributed by atoms with Crippen LogP contribution in [0.3, 0.4) is 0 Å². The summed E-state index contributed by atoms with van der Waals surface area (Å²) in [5.74, 6) is 0.261. The van der Waals surface area contributed by atoms with Crippen LogP contribution in [0.25, 0.3) is 11.1 Å². The average molecular weight is 417 g/mol. The molecule has 0 spiro atoms. The Bertz CT molecular complexity index is 1040. The van der Waals surface area contributed by atoms with Crippen LogP contribution in [0.5, 0.6) is 11.5 Å². The number of aromatic amines is 1. The lowest BCUT2D eigenvalue weighted by Crippen LogP contribution is -2.28. The number of halogens is 2. The van der Waals surface area contributed by atoms with Crippen molar-refractivity contribution >= 4 is 17.5 Å². The molecule has 0 aliphatic carbocycles. The van der Waals surface area contributed by atoms with E-state index in [1.165, 1.54) is 24.3 Å². The summed E-state index contributed by atoms with van der Waals surface area (Å²) in [6.07, 6.45) is 2.30. The molecular weight excluding hydrogens is 399 g/mol. The molecule has 4 rings (SSSR count). The number of benzene rings is 2. The van der Waals surface area contributed by atoms with Crippen molar-refractivity contribution in [2.45, 2.75) is 6.10 Å². The van der Waals surface area contributed by atoms with Crippen molar-refractivity contribution < 1.29 is 23.8 Å². The van der Waals surface area contributed by atoms with E-state index in [9.17, 15) is 14.3 Å². The Hall–Kier alpha value is -3.03. The third-order valence-electron chi connectivity index (χ3n) is 4.61. The average Bonchev–Trinajstić information content (AvgIpc) is 3.22. The zero-order valence-corrected chi connectivity index (χ0v) is 16.0. The number of hydrogen-bond donors (Lipinski definition) is 3. The van der Waals surface area contributed by atoms with Gasteiger partial charge in [-0.25, -0.2) is 4.39 Å². The quantitative estimate of drug-likeness (QED) is 0.592. The van der Waals surface area contributed by atoms with Gasteiger partial charge in [0.25, 0.3) is 5.91 Å². The highest BCUT2D eigenvalue weighted by atomic mass is 35.5. The van der Waals surface area contributed by atoms with E-state index in [0.717, 1.165) is 0 Å². The lowest BCUT2D eigenvalue weighted by atomic mass is 10.0. The number of aromatic nitrogens is 1. The fraction of sp³-hybridized carbons (Fsp3) is 0.190. The first kappa shape index (κ1) is 19.3. The minimum Gasteiger partial charge on any atom is -0.486 e. The minimum absolute atomic E-state index is 0.0169. The van der Waals surface area contributed by atoms with E-state index in [4.69, 9.17) is 21.1 Å². The maximum Gasteiger partial charge on any atom is 0.253 e. The summed E-state index contributed by atoms with van der Waals surface area (Å²) >= 11 is 6.30. The third kappa shape index (κ3) is 4.06. The third-order valence-corrected chi connectivity index (χ3v) is 4.89. The number of carbonyl (C=O) groups excluding carboxylic acids is 1. The summed E-state index contributed by atoms with van der Waals surface area (Å²) in [7, 11) is 0. The topological polar surface area (TPSA) is 83.6 Å². The number of aliphatic hydroxyl groups excluding tert-OH is 1. The Kier molecular flexibility index (Phi) is 5.42. The number of nitrogens with one attached hydrogen (secondary N) is 2. The van der Waals surface area contributed by atoms with Crippen molar-refractivity contribution in [2.75, 3.05) is 19.8 Å².